The third-order valence-electron chi connectivity index (χ3n) is 2.74. The molecule has 0 saturated heterocycles. The Kier molecular flexibility index (Phi) is 3.98. The molecule has 0 radical (unpaired) electrons. The number of aliphatic carboxylic acids is 1. The van der Waals surface area contributed by atoms with E-state index in [1.54, 1.807) is 0 Å². The van der Waals surface area contributed by atoms with Crippen LogP contribution < -0.4 is 5.73 Å². The van der Waals surface area contributed by atoms with Crippen molar-refractivity contribution in [3.63, 3.8) is 0 Å². The normalized spacial score (nSPS) is 10.7. The molecular weight excluding hydrogens is 238 g/mol. The highest BCUT2D eigenvalue weighted by Crippen LogP contribution is 2.11. The molecule has 0 aliphatic heterocycles. The molecule has 3 nitrogen and oxygen atoms in total. The predicted octanol–water partition coefficient (Wildman–Crippen LogP) is 3.07. The zero-order valence-corrected chi connectivity index (χ0v) is 10.4. The minimum absolute atomic E-state index is 0.0575. The first kappa shape index (κ1) is 12.9. The number of carboxylic acid groups (broad SMARTS) is 1. The lowest BCUT2D eigenvalue weighted by atomic mass is 10.1. The van der Waals surface area contributed by atoms with Gasteiger partial charge in [-0.3, -0.25) is 4.79 Å². The topological polar surface area (TPSA) is 63.3 Å². The molecule has 0 fully saturated rings. The van der Waals surface area contributed by atoms with Crippen LogP contribution >= 0.6 is 0 Å². The Bertz CT molecular complexity index is 583. The van der Waals surface area contributed by atoms with Crippen LogP contribution in [0.25, 0.3) is 12.2 Å². The fourth-order valence-corrected chi connectivity index (χ4v) is 1.72. The number of nitrogen functional groups attached to an aromatic ring is 1. The minimum atomic E-state index is -0.815. The van der Waals surface area contributed by atoms with Gasteiger partial charge >= 0.3 is 5.97 Å². The molecule has 0 aliphatic rings. The average molecular weight is 253 g/mol. The Balaban J connectivity index is 2.06. The smallest absolute Gasteiger partial charge is 0.307 e. The monoisotopic (exact) mass is 253 g/mol. The molecule has 0 amide bonds. The van der Waals surface area contributed by atoms with Gasteiger partial charge in [0.1, 0.15) is 0 Å². The molecule has 0 bridgehead atoms. The van der Waals surface area contributed by atoms with Crippen molar-refractivity contribution in [3.8, 4) is 0 Å². The summed E-state index contributed by atoms with van der Waals surface area (Å²) < 4.78 is 0. The van der Waals surface area contributed by atoms with Crippen LogP contribution in [-0.4, -0.2) is 11.1 Å². The molecule has 0 spiro atoms. The molecule has 0 aromatic heterocycles. The molecule has 2 rings (SSSR count). The molecular formula is C16H15NO2. The minimum Gasteiger partial charge on any atom is -0.481 e. The van der Waals surface area contributed by atoms with Gasteiger partial charge in [0.05, 0.1) is 6.42 Å². The summed E-state index contributed by atoms with van der Waals surface area (Å²) in [6.45, 7) is 0. The number of carboxylic acids is 1. The largest absolute Gasteiger partial charge is 0.481 e. The molecule has 3 N–H and O–H groups in total. The molecule has 0 unspecified atom stereocenters. The maximum absolute atomic E-state index is 10.6. The van der Waals surface area contributed by atoms with Gasteiger partial charge in [-0.1, -0.05) is 48.6 Å². The van der Waals surface area contributed by atoms with Gasteiger partial charge < -0.3 is 10.8 Å². The standard InChI is InChI=1S/C16H15NO2/c17-15-9-7-13(8-10-15)2-1-12-3-5-14(6-4-12)11-16(18)19/h1-10H,11,17H2,(H,18,19). The first-order valence-electron chi connectivity index (χ1n) is 5.98. The van der Waals surface area contributed by atoms with E-state index in [0.29, 0.717) is 0 Å². The molecule has 3 heteroatoms. The van der Waals surface area contributed by atoms with E-state index in [9.17, 15) is 4.79 Å². The van der Waals surface area contributed by atoms with Gasteiger partial charge in [-0.15, -0.1) is 0 Å². The Morgan fingerprint density at radius 1 is 0.947 bits per heavy atom. The third-order valence-corrected chi connectivity index (χ3v) is 2.74. The van der Waals surface area contributed by atoms with E-state index in [1.807, 2.05) is 60.7 Å². The number of anilines is 1. The van der Waals surface area contributed by atoms with Crippen molar-refractivity contribution in [2.45, 2.75) is 6.42 Å². The number of carbonyl (C=O) groups is 1. The molecule has 0 saturated carbocycles. The maximum Gasteiger partial charge on any atom is 0.307 e. The summed E-state index contributed by atoms with van der Waals surface area (Å²) in [5.41, 5.74) is 9.27. The summed E-state index contributed by atoms with van der Waals surface area (Å²) in [7, 11) is 0. The van der Waals surface area contributed by atoms with Crippen LogP contribution in [0.2, 0.25) is 0 Å². The Hall–Kier alpha value is -2.55. The van der Waals surface area contributed by atoms with Crippen molar-refractivity contribution < 1.29 is 9.90 Å². The van der Waals surface area contributed by atoms with Crippen LogP contribution in [-0.2, 0) is 11.2 Å². The number of nitrogens with two attached hydrogens (primary N) is 1. The van der Waals surface area contributed by atoms with Gasteiger partial charge in [0.15, 0.2) is 0 Å². The first-order valence-corrected chi connectivity index (χ1v) is 5.98. The Morgan fingerprint density at radius 3 is 1.89 bits per heavy atom. The van der Waals surface area contributed by atoms with Crippen LogP contribution in [0.5, 0.6) is 0 Å². The zero-order valence-electron chi connectivity index (χ0n) is 10.4. The summed E-state index contributed by atoms with van der Waals surface area (Å²) in [5, 5.41) is 8.69. The lowest BCUT2D eigenvalue weighted by molar-refractivity contribution is -0.136. The number of hydrogen-bond donors (Lipinski definition) is 2. The molecule has 0 aliphatic carbocycles. The van der Waals surface area contributed by atoms with E-state index in [1.165, 1.54) is 0 Å². The fraction of sp³-hybridized carbons (Fsp3) is 0.0625. The molecule has 0 heterocycles. The van der Waals surface area contributed by atoms with Crippen LogP contribution in [0.3, 0.4) is 0 Å². The average Bonchev–Trinajstić information content (AvgIpc) is 2.39. The highest BCUT2D eigenvalue weighted by Gasteiger charge is 1.99. The summed E-state index contributed by atoms with van der Waals surface area (Å²) >= 11 is 0. The highest BCUT2D eigenvalue weighted by atomic mass is 16.4. The molecule has 0 atom stereocenters. The fourth-order valence-electron chi connectivity index (χ4n) is 1.72. The van der Waals surface area contributed by atoms with Gasteiger partial charge in [-0.25, -0.2) is 0 Å². The van der Waals surface area contributed by atoms with E-state index >= 15 is 0 Å². The van der Waals surface area contributed by atoms with Crippen LogP contribution in [0.4, 0.5) is 5.69 Å². The van der Waals surface area contributed by atoms with Gasteiger partial charge in [0, 0.05) is 5.69 Å². The highest BCUT2D eigenvalue weighted by molar-refractivity contribution is 5.72. The van der Waals surface area contributed by atoms with Crippen LogP contribution in [0.15, 0.2) is 48.5 Å². The molecule has 96 valence electrons. The number of rotatable bonds is 4. The summed E-state index contributed by atoms with van der Waals surface area (Å²) in [6, 6.07) is 15.1. The van der Waals surface area contributed by atoms with Crippen molar-refractivity contribution in [1.82, 2.24) is 0 Å². The van der Waals surface area contributed by atoms with E-state index in [0.717, 1.165) is 22.4 Å². The second-order valence-electron chi connectivity index (χ2n) is 4.31. The van der Waals surface area contributed by atoms with Gasteiger partial charge in [0.2, 0.25) is 0 Å². The van der Waals surface area contributed by atoms with Crippen molar-refractivity contribution in [2.75, 3.05) is 5.73 Å². The van der Waals surface area contributed by atoms with E-state index in [2.05, 4.69) is 0 Å². The molecule has 19 heavy (non-hydrogen) atoms. The summed E-state index contributed by atoms with van der Waals surface area (Å²) in [4.78, 5) is 10.6. The summed E-state index contributed by atoms with van der Waals surface area (Å²) in [6.07, 6.45) is 4.03. The van der Waals surface area contributed by atoms with Crippen LogP contribution in [0, 0.1) is 0 Å². The van der Waals surface area contributed by atoms with E-state index < -0.39 is 5.97 Å². The van der Waals surface area contributed by atoms with Gasteiger partial charge in [-0.2, -0.15) is 0 Å². The quantitative estimate of drug-likeness (QED) is 0.650. The number of hydrogen-bond acceptors (Lipinski definition) is 2. The van der Waals surface area contributed by atoms with Gasteiger partial charge in [-0.05, 0) is 28.8 Å². The second-order valence-corrected chi connectivity index (χ2v) is 4.31. The number of benzene rings is 2. The second kappa shape index (κ2) is 5.87. The van der Waals surface area contributed by atoms with E-state index in [4.69, 9.17) is 10.8 Å². The lowest BCUT2D eigenvalue weighted by Gasteiger charge is -1.99. The van der Waals surface area contributed by atoms with Crippen molar-refractivity contribution in [1.29, 1.82) is 0 Å². The van der Waals surface area contributed by atoms with Crippen molar-refractivity contribution >= 4 is 23.8 Å². The van der Waals surface area contributed by atoms with E-state index in [-0.39, 0.29) is 6.42 Å². The Labute approximate surface area is 112 Å². The molecule has 2 aromatic rings. The zero-order chi connectivity index (χ0) is 13.7. The Morgan fingerprint density at radius 2 is 1.42 bits per heavy atom. The van der Waals surface area contributed by atoms with Crippen LogP contribution in [0.1, 0.15) is 16.7 Å². The SMILES string of the molecule is Nc1ccc(C=Cc2ccc(CC(=O)O)cc2)cc1. The maximum atomic E-state index is 10.6. The molecule has 2 aromatic carbocycles. The lowest BCUT2D eigenvalue weighted by Crippen LogP contribution is -1.99. The first-order chi connectivity index (χ1) is 9.13. The van der Waals surface area contributed by atoms with Crippen molar-refractivity contribution in [3.05, 3.63) is 65.2 Å². The third kappa shape index (κ3) is 4.00. The summed E-state index contributed by atoms with van der Waals surface area (Å²) in [5.74, 6) is -0.815. The van der Waals surface area contributed by atoms with Gasteiger partial charge in [0.25, 0.3) is 0 Å². The van der Waals surface area contributed by atoms with Crippen molar-refractivity contribution in [2.24, 2.45) is 0 Å². The predicted molar refractivity (Wildman–Crippen MR) is 77.6 cm³/mol.